The third kappa shape index (κ3) is 4.52. The Kier molecular flexibility index (Phi) is 5.79. The van der Waals surface area contributed by atoms with E-state index in [0.717, 1.165) is 5.56 Å². The van der Waals surface area contributed by atoms with Gasteiger partial charge in [-0.2, -0.15) is 0 Å². The minimum absolute atomic E-state index is 0.0490. The summed E-state index contributed by atoms with van der Waals surface area (Å²) in [6.07, 6.45) is 0.405. The lowest BCUT2D eigenvalue weighted by atomic mass is 9.89. The molecule has 0 aromatic heterocycles. The first-order valence-electron chi connectivity index (χ1n) is 8.04. The van der Waals surface area contributed by atoms with E-state index in [-0.39, 0.29) is 24.1 Å². The Balaban J connectivity index is 2.02. The maximum atomic E-state index is 12.7. The number of hydrogen-bond acceptors (Lipinski definition) is 4. The van der Waals surface area contributed by atoms with Crippen LogP contribution in [0.25, 0.3) is 0 Å². The number of sulfone groups is 1. The van der Waals surface area contributed by atoms with Gasteiger partial charge in [-0.25, -0.2) is 8.42 Å². The standard InChI is InChI=1S/C17H23ClN2O4S/c1-17(2,15(21)19-10-12-6-4-5-7-14(12)18)16(22)20(3)13-8-9-25(23,24)11-13/h4-7,13H,8-11H2,1-3H3,(H,19,21). The van der Waals surface area contributed by atoms with Crippen LogP contribution in [0.4, 0.5) is 0 Å². The van der Waals surface area contributed by atoms with E-state index in [9.17, 15) is 18.0 Å². The van der Waals surface area contributed by atoms with Crippen LogP contribution in [0.3, 0.4) is 0 Å². The third-order valence-corrected chi connectivity index (χ3v) is 6.70. The molecule has 0 radical (unpaired) electrons. The van der Waals surface area contributed by atoms with Gasteiger partial charge in [-0.3, -0.25) is 9.59 Å². The fourth-order valence-corrected chi connectivity index (χ4v) is 4.80. The Morgan fingerprint density at radius 3 is 2.52 bits per heavy atom. The number of halogens is 1. The molecule has 25 heavy (non-hydrogen) atoms. The molecule has 1 N–H and O–H groups in total. The number of benzene rings is 1. The number of nitrogens with zero attached hydrogens (tertiary/aromatic N) is 1. The fraction of sp³-hybridized carbons (Fsp3) is 0.529. The predicted octanol–water partition coefficient (Wildman–Crippen LogP) is 1.63. The zero-order chi connectivity index (χ0) is 18.8. The maximum Gasteiger partial charge on any atom is 0.237 e. The van der Waals surface area contributed by atoms with Crippen molar-refractivity contribution in [1.29, 1.82) is 0 Å². The smallest absolute Gasteiger partial charge is 0.237 e. The van der Waals surface area contributed by atoms with Crippen molar-refractivity contribution in [2.45, 2.75) is 32.9 Å². The number of carbonyl (C=O) groups excluding carboxylic acids is 2. The van der Waals surface area contributed by atoms with Crippen molar-refractivity contribution < 1.29 is 18.0 Å². The van der Waals surface area contributed by atoms with Crippen molar-refractivity contribution in [3.63, 3.8) is 0 Å². The van der Waals surface area contributed by atoms with E-state index >= 15 is 0 Å². The van der Waals surface area contributed by atoms with Gasteiger partial charge in [-0.05, 0) is 31.9 Å². The molecule has 0 saturated carbocycles. The molecule has 8 heteroatoms. The Morgan fingerprint density at radius 2 is 1.96 bits per heavy atom. The largest absolute Gasteiger partial charge is 0.351 e. The molecule has 1 aromatic rings. The number of amides is 2. The van der Waals surface area contributed by atoms with Gasteiger partial charge < -0.3 is 10.2 Å². The van der Waals surface area contributed by atoms with Crippen LogP contribution < -0.4 is 5.32 Å². The summed E-state index contributed by atoms with van der Waals surface area (Å²) >= 11 is 6.06. The molecule has 0 bridgehead atoms. The third-order valence-electron chi connectivity index (χ3n) is 4.58. The summed E-state index contributed by atoms with van der Waals surface area (Å²) < 4.78 is 23.2. The monoisotopic (exact) mass is 386 g/mol. The molecule has 1 aliphatic heterocycles. The van der Waals surface area contributed by atoms with Crippen molar-refractivity contribution in [2.24, 2.45) is 5.41 Å². The minimum Gasteiger partial charge on any atom is -0.351 e. The van der Waals surface area contributed by atoms with Crippen molar-refractivity contribution in [3.8, 4) is 0 Å². The van der Waals surface area contributed by atoms with Crippen LogP contribution in [-0.2, 0) is 26.0 Å². The van der Waals surface area contributed by atoms with Crippen molar-refractivity contribution >= 4 is 33.3 Å². The molecule has 1 unspecified atom stereocenters. The summed E-state index contributed by atoms with van der Waals surface area (Å²) in [4.78, 5) is 26.6. The molecule has 1 aromatic carbocycles. The molecule has 1 heterocycles. The van der Waals surface area contributed by atoms with Gasteiger partial charge in [0.2, 0.25) is 11.8 Å². The lowest BCUT2D eigenvalue weighted by Gasteiger charge is -2.31. The first-order chi connectivity index (χ1) is 11.5. The average molecular weight is 387 g/mol. The van der Waals surface area contributed by atoms with E-state index in [4.69, 9.17) is 11.6 Å². The topological polar surface area (TPSA) is 83.6 Å². The summed E-state index contributed by atoms with van der Waals surface area (Å²) in [6.45, 7) is 3.30. The van der Waals surface area contributed by atoms with E-state index in [0.29, 0.717) is 11.4 Å². The van der Waals surface area contributed by atoms with Crippen LogP contribution in [0.15, 0.2) is 24.3 Å². The fourth-order valence-electron chi connectivity index (χ4n) is 2.82. The van der Waals surface area contributed by atoms with E-state index < -0.39 is 27.1 Å². The zero-order valence-electron chi connectivity index (χ0n) is 14.6. The van der Waals surface area contributed by atoms with Gasteiger partial charge in [-0.15, -0.1) is 0 Å². The molecular weight excluding hydrogens is 364 g/mol. The number of carbonyl (C=O) groups is 2. The number of hydrogen-bond donors (Lipinski definition) is 1. The number of nitrogens with one attached hydrogen (secondary N) is 1. The molecule has 1 fully saturated rings. The zero-order valence-corrected chi connectivity index (χ0v) is 16.2. The van der Waals surface area contributed by atoms with Gasteiger partial charge in [-0.1, -0.05) is 29.8 Å². The SMILES string of the molecule is CN(C(=O)C(C)(C)C(=O)NCc1ccccc1Cl)C1CCS(=O)(=O)C1. The highest BCUT2D eigenvalue weighted by atomic mass is 35.5. The summed E-state index contributed by atoms with van der Waals surface area (Å²) in [5, 5.41) is 3.28. The first-order valence-corrected chi connectivity index (χ1v) is 10.2. The Labute approximate surface area is 153 Å². The van der Waals surface area contributed by atoms with Gasteiger partial charge in [0.1, 0.15) is 5.41 Å². The van der Waals surface area contributed by atoms with Crippen LogP contribution in [0.2, 0.25) is 5.02 Å². The average Bonchev–Trinajstić information content (AvgIpc) is 2.92. The lowest BCUT2D eigenvalue weighted by Crippen LogP contribution is -2.51. The summed E-state index contributed by atoms with van der Waals surface area (Å²) in [7, 11) is -1.55. The van der Waals surface area contributed by atoms with Crippen molar-refractivity contribution in [1.82, 2.24) is 10.2 Å². The Bertz CT molecular complexity index is 777. The van der Waals surface area contributed by atoms with Crippen LogP contribution in [0.5, 0.6) is 0 Å². The van der Waals surface area contributed by atoms with E-state index in [1.165, 1.54) is 18.7 Å². The van der Waals surface area contributed by atoms with E-state index in [1.807, 2.05) is 6.07 Å². The van der Waals surface area contributed by atoms with Crippen LogP contribution >= 0.6 is 11.6 Å². The Morgan fingerprint density at radius 1 is 1.32 bits per heavy atom. The first kappa shape index (κ1) is 19.7. The second-order valence-corrected chi connectivity index (χ2v) is 9.51. The minimum atomic E-state index is -3.10. The highest BCUT2D eigenvalue weighted by Crippen LogP contribution is 2.24. The predicted molar refractivity (Wildman–Crippen MR) is 96.9 cm³/mol. The van der Waals surface area contributed by atoms with E-state index in [2.05, 4.69) is 5.32 Å². The molecule has 2 rings (SSSR count). The van der Waals surface area contributed by atoms with Crippen LogP contribution in [0, 0.1) is 5.41 Å². The van der Waals surface area contributed by atoms with E-state index in [1.54, 1.807) is 25.2 Å². The Hall–Kier alpha value is -1.60. The van der Waals surface area contributed by atoms with Gasteiger partial charge in [0, 0.05) is 24.7 Å². The molecule has 6 nitrogen and oxygen atoms in total. The summed E-state index contributed by atoms with van der Waals surface area (Å²) in [5.41, 5.74) is -0.543. The second kappa shape index (κ2) is 7.33. The normalized spacial score (nSPS) is 19.4. The molecule has 2 amide bonds. The summed E-state index contributed by atoms with van der Waals surface area (Å²) in [6, 6.07) is 6.76. The second-order valence-electron chi connectivity index (χ2n) is 6.87. The van der Waals surface area contributed by atoms with Crippen molar-refractivity contribution in [2.75, 3.05) is 18.6 Å². The van der Waals surface area contributed by atoms with Gasteiger partial charge in [0.25, 0.3) is 0 Å². The molecule has 1 aliphatic rings. The molecule has 0 aliphatic carbocycles. The van der Waals surface area contributed by atoms with Crippen LogP contribution in [-0.4, -0.2) is 49.7 Å². The highest BCUT2D eigenvalue weighted by molar-refractivity contribution is 7.91. The van der Waals surface area contributed by atoms with Gasteiger partial charge in [0.15, 0.2) is 9.84 Å². The number of rotatable bonds is 5. The quantitative estimate of drug-likeness (QED) is 0.779. The molecular formula is C17H23ClN2O4S. The maximum absolute atomic E-state index is 12.7. The molecule has 1 saturated heterocycles. The van der Waals surface area contributed by atoms with Gasteiger partial charge >= 0.3 is 0 Å². The molecule has 0 spiro atoms. The molecule has 138 valence electrons. The summed E-state index contributed by atoms with van der Waals surface area (Å²) in [5.74, 6) is -0.794. The highest BCUT2D eigenvalue weighted by Gasteiger charge is 2.42. The molecule has 1 atom stereocenters. The van der Waals surface area contributed by atoms with Gasteiger partial charge in [0.05, 0.1) is 11.5 Å². The lowest BCUT2D eigenvalue weighted by molar-refractivity contribution is -0.148. The van der Waals surface area contributed by atoms with Crippen LogP contribution in [0.1, 0.15) is 25.8 Å². The van der Waals surface area contributed by atoms with Crippen molar-refractivity contribution in [3.05, 3.63) is 34.9 Å².